The lowest BCUT2D eigenvalue weighted by atomic mass is 9.92. The summed E-state index contributed by atoms with van der Waals surface area (Å²) in [7, 11) is -3.35. The van der Waals surface area contributed by atoms with Crippen molar-refractivity contribution in [3.63, 3.8) is 0 Å². The second-order valence-electron chi connectivity index (χ2n) is 7.02. The maximum Gasteiger partial charge on any atom is 0.229 e. The number of hydrogen-bond donors (Lipinski definition) is 1. The summed E-state index contributed by atoms with van der Waals surface area (Å²) < 4.78 is 39.4. The molecule has 0 aromatic heterocycles. The van der Waals surface area contributed by atoms with Gasteiger partial charge in [0, 0.05) is 5.69 Å². The fourth-order valence-corrected chi connectivity index (χ4v) is 4.23. The highest BCUT2D eigenvalue weighted by molar-refractivity contribution is 7.92. The Bertz CT molecular complexity index is 1180. The molecule has 3 aromatic carbocycles. The summed E-state index contributed by atoms with van der Waals surface area (Å²) in [5, 5.41) is 0. The van der Waals surface area contributed by atoms with Crippen LogP contribution in [0.5, 0.6) is 0 Å². The van der Waals surface area contributed by atoms with Crippen LogP contribution in [0, 0.1) is 5.82 Å². The number of sulfonamides is 1. The first-order valence-electron chi connectivity index (χ1n) is 9.06. The van der Waals surface area contributed by atoms with Crippen molar-refractivity contribution >= 4 is 27.4 Å². The van der Waals surface area contributed by atoms with E-state index in [0.29, 0.717) is 5.69 Å². The first-order chi connectivity index (χ1) is 13.4. The molecule has 0 aliphatic heterocycles. The van der Waals surface area contributed by atoms with Crippen molar-refractivity contribution in [2.75, 3.05) is 11.0 Å². The maximum absolute atomic E-state index is 13.8. The van der Waals surface area contributed by atoms with Crippen LogP contribution in [0.3, 0.4) is 0 Å². The van der Waals surface area contributed by atoms with E-state index >= 15 is 0 Å². The number of aryl methyl sites for hydroxylation is 2. The lowest BCUT2D eigenvalue weighted by Gasteiger charge is -2.13. The molecule has 0 fully saturated rings. The van der Waals surface area contributed by atoms with E-state index in [1.54, 1.807) is 18.2 Å². The van der Waals surface area contributed by atoms with Gasteiger partial charge in [0.15, 0.2) is 0 Å². The van der Waals surface area contributed by atoms with Gasteiger partial charge in [0.25, 0.3) is 0 Å². The van der Waals surface area contributed by atoms with E-state index < -0.39 is 10.0 Å². The molecule has 0 amide bonds. The number of benzene rings is 3. The van der Waals surface area contributed by atoms with E-state index in [1.165, 1.54) is 11.6 Å². The number of anilines is 1. The first-order valence-corrected chi connectivity index (χ1v) is 10.9. The van der Waals surface area contributed by atoms with Gasteiger partial charge in [-0.05, 0) is 76.6 Å². The SMILES string of the molecule is CS(=O)(=O)Nc1cccc(/C=C2\c3ccccc3CCc3cc(F)ccc32)c1. The molecule has 0 heterocycles. The molecule has 3 aromatic rings. The molecule has 28 heavy (non-hydrogen) atoms. The van der Waals surface area contributed by atoms with Gasteiger partial charge >= 0.3 is 0 Å². The van der Waals surface area contributed by atoms with E-state index in [-0.39, 0.29) is 5.82 Å². The van der Waals surface area contributed by atoms with Gasteiger partial charge < -0.3 is 0 Å². The van der Waals surface area contributed by atoms with Crippen molar-refractivity contribution in [3.8, 4) is 0 Å². The van der Waals surface area contributed by atoms with Crippen LogP contribution < -0.4 is 4.72 Å². The Morgan fingerprint density at radius 3 is 2.46 bits per heavy atom. The van der Waals surface area contributed by atoms with Gasteiger partial charge in [-0.15, -0.1) is 0 Å². The highest BCUT2D eigenvalue weighted by Crippen LogP contribution is 2.35. The average Bonchev–Trinajstić information content (AvgIpc) is 2.78. The second-order valence-corrected chi connectivity index (χ2v) is 8.76. The highest BCUT2D eigenvalue weighted by atomic mass is 32.2. The fourth-order valence-electron chi connectivity index (χ4n) is 3.68. The molecule has 1 N–H and O–H groups in total. The summed E-state index contributed by atoms with van der Waals surface area (Å²) in [6.07, 6.45) is 4.79. The topological polar surface area (TPSA) is 46.2 Å². The third-order valence-electron chi connectivity index (χ3n) is 4.83. The third kappa shape index (κ3) is 3.99. The molecular weight excluding hydrogens is 373 g/mol. The largest absolute Gasteiger partial charge is 0.284 e. The Hall–Kier alpha value is -2.92. The summed E-state index contributed by atoms with van der Waals surface area (Å²) in [5.41, 5.74) is 6.72. The molecule has 0 bridgehead atoms. The summed E-state index contributed by atoms with van der Waals surface area (Å²) in [4.78, 5) is 0. The molecule has 0 atom stereocenters. The molecule has 1 aliphatic rings. The van der Waals surface area contributed by atoms with Crippen LogP contribution in [0.4, 0.5) is 10.1 Å². The number of hydrogen-bond acceptors (Lipinski definition) is 2. The molecule has 4 rings (SSSR count). The van der Waals surface area contributed by atoms with Crippen LogP contribution >= 0.6 is 0 Å². The van der Waals surface area contributed by atoms with Gasteiger partial charge in [0.2, 0.25) is 10.0 Å². The molecule has 3 nitrogen and oxygen atoms in total. The van der Waals surface area contributed by atoms with Crippen LogP contribution in [-0.2, 0) is 22.9 Å². The van der Waals surface area contributed by atoms with Crippen LogP contribution in [-0.4, -0.2) is 14.7 Å². The number of rotatable bonds is 3. The quantitative estimate of drug-likeness (QED) is 0.689. The molecule has 1 aliphatic carbocycles. The summed E-state index contributed by atoms with van der Waals surface area (Å²) in [6.45, 7) is 0. The lowest BCUT2D eigenvalue weighted by Crippen LogP contribution is -2.09. The number of halogens is 1. The lowest BCUT2D eigenvalue weighted by molar-refractivity contribution is 0.607. The van der Waals surface area contributed by atoms with Crippen LogP contribution in [0.1, 0.15) is 27.8 Å². The Morgan fingerprint density at radius 2 is 1.64 bits per heavy atom. The van der Waals surface area contributed by atoms with E-state index in [9.17, 15) is 12.8 Å². The fraction of sp³-hybridized carbons (Fsp3) is 0.130. The van der Waals surface area contributed by atoms with Crippen LogP contribution in [0.15, 0.2) is 66.7 Å². The van der Waals surface area contributed by atoms with Gasteiger partial charge in [-0.1, -0.05) is 42.5 Å². The molecule has 0 spiro atoms. The number of fused-ring (bicyclic) bond motifs is 2. The molecule has 142 valence electrons. The Kier molecular flexibility index (Phi) is 4.77. The predicted octanol–water partition coefficient (Wildman–Crippen LogP) is 4.88. The molecule has 0 radical (unpaired) electrons. The maximum atomic E-state index is 13.8. The van der Waals surface area contributed by atoms with Crippen molar-refractivity contribution in [3.05, 3.63) is 100 Å². The first kappa shape index (κ1) is 18.4. The summed E-state index contributed by atoms with van der Waals surface area (Å²) in [6, 6.07) is 20.4. The molecule has 5 heteroatoms. The predicted molar refractivity (Wildman–Crippen MR) is 112 cm³/mol. The van der Waals surface area contributed by atoms with Crippen molar-refractivity contribution < 1.29 is 12.8 Å². The summed E-state index contributed by atoms with van der Waals surface area (Å²) >= 11 is 0. The minimum Gasteiger partial charge on any atom is -0.284 e. The normalized spacial score (nSPS) is 14.9. The van der Waals surface area contributed by atoms with E-state index in [1.807, 2.05) is 36.4 Å². The van der Waals surface area contributed by atoms with Crippen molar-refractivity contribution in [1.29, 1.82) is 0 Å². The smallest absolute Gasteiger partial charge is 0.229 e. The standard InChI is InChI=1S/C23H20FNO2S/c1-28(26,27)25-20-7-4-5-16(13-20)14-23-21-8-3-2-6-17(21)9-10-18-15-19(24)11-12-22(18)23/h2-8,11-15,25H,9-10H2,1H3/b23-14+. The Balaban J connectivity index is 1.88. The Labute approximate surface area is 164 Å². The monoisotopic (exact) mass is 393 g/mol. The van der Waals surface area contributed by atoms with E-state index in [0.717, 1.165) is 46.9 Å². The van der Waals surface area contributed by atoms with Crippen molar-refractivity contribution in [1.82, 2.24) is 0 Å². The van der Waals surface area contributed by atoms with Gasteiger partial charge in [-0.3, -0.25) is 4.72 Å². The zero-order valence-corrected chi connectivity index (χ0v) is 16.3. The summed E-state index contributed by atoms with van der Waals surface area (Å²) in [5.74, 6) is -0.233. The minimum atomic E-state index is -3.35. The van der Waals surface area contributed by atoms with Crippen LogP contribution in [0.2, 0.25) is 0 Å². The third-order valence-corrected chi connectivity index (χ3v) is 5.44. The average molecular weight is 393 g/mol. The molecular formula is C23H20FNO2S. The zero-order chi connectivity index (χ0) is 19.7. The van der Waals surface area contributed by atoms with Gasteiger partial charge in [-0.2, -0.15) is 0 Å². The molecule has 0 saturated carbocycles. The van der Waals surface area contributed by atoms with Crippen molar-refractivity contribution in [2.45, 2.75) is 12.8 Å². The molecule has 0 saturated heterocycles. The van der Waals surface area contributed by atoms with Gasteiger partial charge in [0.1, 0.15) is 5.82 Å². The minimum absolute atomic E-state index is 0.233. The van der Waals surface area contributed by atoms with Crippen molar-refractivity contribution in [2.24, 2.45) is 0 Å². The zero-order valence-electron chi connectivity index (χ0n) is 15.4. The van der Waals surface area contributed by atoms with E-state index in [2.05, 4.69) is 16.9 Å². The van der Waals surface area contributed by atoms with Gasteiger partial charge in [-0.25, -0.2) is 12.8 Å². The highest BCUT2D eigenvalue weighted by Gasteiger charge is 2.18. The van der Waals surface area contributed by atoms with Gasteiger partial charge in [0.05, 0.1) is 6.26 Å². The Morgan fingerprint density at radius 1 is 0.893 bits per heavy atom. The second kappa shape index (κ2) is 7.24. The van der Waals surface area contributed by atoms with Crippen LogP contribution in [0.25, 0.3) is 11.6 Å². The molecule has 0 unspecified atom stereocenters. The number of nitrogens with one attached hydrogen (secondary N) is 1. The van der Waals surface area contributed by atoms with E-state index in [4.69, 9.17) is 0 Å².